The molecule has 5 heteroatoms. The van der Waals surface area contributed by atoms with E-state index in [0.29, 0.717) is 12.0 Å². The van der Waals surface area contributed by atoms with E-state index in [4.69, 9.17) is 4.98 Å². The third-order valence-corrected chi connectivity index (χ3v) is 5.98. The molecule has 1 saturated heterocycles. The second-order valence-corrected chi connectivity index (χ2v) is 7.78. The van der Waals surface area contributed by atoms with E-state index in [1.807, 2.05) is 24.3 Å². The molecule has 1 aliphatic carbocycles. The average Bonchev–Trinajstić information content (AvgIpc) is 2.80. The standard InChI is InChI=1S/C24H24N4O/c29-23-16-19(18-7-3-1-4-8-18)15-22-21(23)17-25-24(26-22)28-13-11-27(12-14-28)20-9-5-2-6-10-20/h1-10,17,19H,11-16H2. The van der Waals surface area contributed by atoms with Crippen molar-refractivity contribution in [3.8, 4) is 0 Å². The Morgan fingerprint density at radius 1 is 0.793 bits per heavy atom. The van der Waals surface area contributed by atoms with E-state index >= 15 is 0 Å². The molecule has 1 aliphatic heterocycles. The number of carbonyl (C=O) groups excluding carboxylic acids is 1. The number of para-hydroxylation sites is 1. The van der Waals surface area contributed by atoms with Crippen LogP contribution in [0.15, 0.2) is 66.9 Å². The van der Waals surface area contributed by atoms with Gasteiger partial charge in [-0.1, -0.05) is 48.5 Å². The van der Waals surface area contributed by atoms with Crippen molar-refractivity contribution >= 4 is 17.4 Å². The topological polar surface area (TPSA) is 49.3 Å². The minimum Gasteiger partial charge on any atom is -0.368 e. The molecule has 0 radical (unpaired) electrons. The number of hydrogen-bond donors (Lipinski definition) is 0. The molecule has 0 saturated carbocycles. The van der Waals surface area contributed by atoms with Gasteiger partial charge in [-0.25, -0.2) is 9.97 Å². The molecule has 1 unspecified atom stereocenters. The Morgan fingerprint density at radius 3 is 2.17 bits per heavy atom. The lowest BCUT2D eigenvalue weighted by Gasteiger charge is -2.36. The molecule has 2 heterocycles. The number of benzene rings is 2. The highest BCUT2D eigenvalue weighted by Gasteiger charge is 2.29. The highest BCUT2D eigenvalue weighted by molar-refractivity contribution is 5.98. The van der Waals surface area contributed by atoms with Crippen molar-refractivity contribution in [3.05, 3.63) is 83.7 Å². The van der Waals surface area contributed by atoms with Crippen molar-refractivity contribution in [3.63, 3.8) is 0 Å². The summed E-state index contributed by atoms with van der Waals surface area (Å²) in [4.78, 5) is 26.7. The van der Waals surface area contributed by atoms with E-state index in [-0.39, 0.29) is 11.7 Å². The predicted octanol–water partition coefficient (Wildman–Crippen LogP) is 3.72. The maximum absolute atomic E-state index is 12.7. The van der Waals surface area contributed by atoms with E-state index in [0.717, 1.165) is 44.2 Å². The summed E-state index contributed by atoms with van der Waals surface area (Å²) in [6, 6.07) is 20.8. The van der Waals surface area contributed by atoms with Gasteiger partial charge in [0.15, 0.2) is 5.78 Å². The van der Waals surface area contributed by atoms with Gasteiger partial charge in [-0.3, -0.25) is 4.79 Å². The van der Waals surface area contributed by atoms with Gasteiger partial charge in [0.1, 0.15) is 0 Å². The molecule has 1 fully saturated rings. The third kappa shape index (κ3) is 3.60. The molecule has 1 atom stereocenters. The molecule has 2 aliphatic rings. The van der Waals surface area contributed by atoms with Crippen LogP contribution in [0.4, 0.5) is 11.6 Å². The number of carbonyl (C=O) groups is 1. The van der Waals surface area contributed by atoms with Crippen molar-refractivity contribution in [2.45, 2.75) is 18.8 Å². The van der Waals surface area contributed by atoms with E-state index < -0.39 is 0 Å². The van der Waals surface area contributed by atoms with Crippen LogP contribution >= 0.6 is 0 Å². The number of hydrogen-bond acceptors (Lipinski definition) is 5. The van der Waals surface area contributed by atoms with Gasteiger partial charge in [0, 0.05) is 44.5 Å². The minimum atomic E-state index is 0.153. The molecule has 29 heavy (non-hydrogen) atoms. The molecule has 0 bridgehead atoms. The molecule has 3 aromatic rings. The zero-order valence-electron chi connectivity index (χ0n) is 16.4. The first-order valence-electron chi connectivity index (χ1n) is 10.3. The highest BCUT2D eigenvalue weighted by atomic mass is 16.1. The van der Waals surface area contributed by atoms with Crippen molar-refractivity contribution in [2.24, 2.45) is 0 Å². The lowest BCUT2D eigenvalue weighted by atomic mass is 9.82. The van der Waals surface area contributed by atoms with Crippen molar-refractivity contribution in [1.82, 2.24) is 9.97 Å². The predicted molar refractivity (Wildman–Crippen MR) is 115 cm³/mol. The van der Waals surface area contributed by atoms with Gasteiger partial charge in [0.05, 0.1) is 11.3 Å². The molecule has 5 nitrogen and oxygen atoms in total. The first kappa shape index (κ1) is 17.9. The fourth-order valence-electron chi connectivity index (χ4n) is 4.35. The lowest BCUT2D eigenvalue weighted by Crippen LogP contribution is -2.47. The normalized spacial score (nSPS) is 19.2. The quantitative estimate of drug-likeness (QED) is 0.689. The summed E-state index contributed by atoms with van der Waals surface area (Å²) in [5.41, 5.74) is 4.06. The second-order valence-electron chi connectivity index (χ2n) is 7.78. The molecule has 146 valence electrons. The van der Waals surface area contributed by atoms with Gasteiger partial charge in [-0.2, -0.15) is 0 Å². The number of Topliss-reactive ketones (excluding diaryl/α,β-unsaturated/α-hetero) is 1. The van der Waals surface area contributed by atoms with E-state index in [1.54, 1.807) is 6.20 Å². The maximum Gasteiger partial charge on any atom is 0.225 e. The van der Waals surface area contributed by atoms with E-state index in [2.05, 4.69) is 51.2 Å². The number of ketones is 1. The average molecular weight is 384 g/mol. The van der Waals surface area contributed by atoms with Crippen LogP contribution in [-0.2, 0) is 6.42 Å². The first-order valence-corrected chi connectivity index (χ1v) is 10.3. The molecule has 0 N–H and O–H groups in total. The van der Waals surface area contributed by atoms with Gasteiger partial charge in [-0.15, -0.1) is 0 Å². The largest absolute Gasteiger partial charge is 0.368 e. The number of fused-ring (bicyclic) bond motifs is 1. The number of aromatic nitrogens is 2. The second kappa shape index (κ2) is 7.66. The lowest BCUT2D eigenvalue weighted by molar-refractivity contribution is 0.0962. The van der Waals surface area contributed by atoms with Crippen LogP contribution < -0.4 is 9.80 Å². The third-order valence-electron chi connectivity index (χ3n) is 5.98. The van der Waals surface area contributed by atoms with Gasteiger partial charge >= 0.3 is 0 Å². The first-order chi connectivity index (χ1) is 14.3. The molecular formula is C24H24N4O. The van der Waals surface area contributed by atoms with E-state index in [1.165, 1.54) is 11.3 Å². The minimum absolute atomic E-state index is 0.153. The summed E-state index contributed by atoms with van der Waals surface area (Å²) < 4.78 is 0. The van der Waals surface area contributed by atoms with Gasteiger partial charge < -0.3 is 9.80 Å². The SMILES string of the molecule is O=C1CC(c2ccccc2)Cc2nc(N3CCN(c4ccccc4)CC3)ncc21. The summed E-state index contributed by atoms with van der Waals surface area (Å²) in [5.74, 6) is 1.10. The van der Waals surface area contributed by atoms with Crippen LogP contribution in [-0.4, -0.2) is 41.9 Å². The van der Waals surface area contributed by atoms with Crippen LogP contribution in [0.1, 0.15) is 34.0 Å². The van der Waals surface area contributed by atoms with Gasteiger partial charge in [0.2, 0.25) is 5.95 Å². The summed E-state index contributed by atoms with van der Waals surface area (Å²) >= 11 is 0. The summed E-state index contributed by atoms with van der Waals surface area (Å²) in [6.07, 6.45) is 3.07. The maximum atomic E-state index is 12.7. The Hall–Kier alpha value is -3.21. The zero-order valence-corrected chi connectivity index (χ0v) is 16.4. The Morgan fingerprint density at radius 2 is 1.45 bits per heavy atom. The van der Waals surface area contributed by atoms with Gasteiger partial charge in [0.25, 0.3) is 0 Å². The monoisotopic (exact) mass is 384 g/mol. The Balaban J connectivity index is 1.33. The molecule has 1 aromatic heterocycles. The molecular weight excluding hydrogens is 360 g/mol. The highest BCUT2D eigenvalue weighted by Crippen LogP contribution is 2.32. The van der Waals surface area contributed by atoms with Crippen molar-refractivity contribution in [2.75, 3.05) is 36.0 Å². The number of nitrogens with zero attached hydrogens (tertiary/aromatic N) is 4. The molecule has 0 spiro atoms. The van der Waals surface area contributed by atoms with Crippen LogP contribution in [0, 0.1) is 0 Å². The number of anilines is 2. The number of piperazine rings is 1. The molecule has 0 amide bonds. The van der Waals surface area contributed by atoms with Crippen molar-refractivity contribution < 1.29 is 4.79 Å². The summed E-state index contributed by atoms with van der Waals surface area (Å²) in [7, 11) is 0. The Bertz CT molecular complexity index is 998. The molecule has 2 aromatic carbocycles. The van der Waals surface area contributed by atoms with E-state index in [9.17, 15) is 4.79 Å². The van der Waals surface area contributed by atoms with Crippen LogP contribution in [0.3, 0.4) is 0 Å². The summed E-state index contributed by atoms with van der Waals surface area (Å²) in [5, 5.41) is 0. The fraction of sp³-hybridized carbons (Fsp3) is 0.292. The zero-order chi connectivity index (χ0) is 19.6. The van der Waals surface area contributed by atoms with Crippen molar-refractivity contribution in [1.29, 1.82) is 0 Å². The van der Waals surface area contributed by atoms with Crippen LogP contribution in [0.5, 0.6) is 0 Å². The Labute approximate surface area is 171 Å². The smallest absolute Gasteiger partial charge is 0.225 e. The fourth-order valence-corrected chi connectivity index (χ4v) is 4.35. The van der Waals surface area contributed by atoms with Gasteiger partial charge in [-0.05, 0) is 30.0 Å². The Kier molecular flexibility index (Phi) is 4.72. The molecule has 5 rings (SSSR count). The summed E-state index contributed by atoms with van der Waals surface area (Å²) in [6.45, 7) is 3.64. The number of rotatable bonds is 3. The van der Waals surface area contributed by atoms with Crippen LogP contribution in [0.25, 0.3) is 0 Å². The van der Waals surface area contributed by atoms with Crippen LogP contribution in [0.2, 0.25) is 0 Å².